The van der Waals surface area contributed by atoms with E-state index in [0.29, 0.717) is 11.8 Å². The molecule has 0 radical (unpaired) electrons. The van der Waals surface area contributed by atoms with Crippen molar-refractivity contribution in [2.24, 2.45) is 18.9 Å². The van der Waals surface area contributed by atoms with Crippen LogP contribution in [0.1, 0.15) is 39.5 Å². The molecule has 0 saturated heterocycles. The first-order valence-corrected chi connectivity index (χ1v) is 9.18. The summed E-state index contributed by atoms with van der Waals surface area (Å²) in [6.07, 6.45) is 4.22. The number of nitrogens with zero attached hydrogens (tertiary/aromatic N) is 3. The summed E-state index contributed by atoms with van der Waals surface area (Å²) in [5.74, 6) is 0.856. The Bertz CT molecular complexity index is 551. The molecule has 6 nitrogen and oxygen atoms in total. The van der Waals surface area contributed by atoms with E-state index in [1.807, 2.05) is 0 Å². The summed E-state index contributed by atoms with van der Waals surface area (Å²) < 4.78 is 29.4. The van der Waals surface area contributed by atoms with Crippen LogP contribution in [0.2, 0.25) is 0 Å². The Labute approximate surface area is 128 Å². The molecular weight excluding hydrogens is 344 g/mol. The molecule has 0 amide bonds. The maximum atomic E-state index is 12.5. The molecule has 0 aromatic carbocycles. The van der Waals surface area contributed by atoms with Gasteiger partial charge in [0.2, 0.25) is 5.03 Å². The minimum atomic E-state index is -3.60. The number of rotatable bonds is 4. The van der Waals surface area contributed by atoms with E-state index in [9.17, 15) is 8.42 Å². The van der Waals surface area contributed by atoms with Gasteiger partial charge in [0.05, 0.1) is 0 Å². The number of sulfonamides is 1. The molecule has 1 aromatic rings. The van der Waals surface area contributed by atoms with Gasteiger partial charge in [0.15, 0.2) is 4.60 Å². The molecule has 1 heterocycles. The van der Waals surface area contributed by atoms with E-state index in [1.165, 1.54) is 11.1 Å². The summed E-state index contributed by atoms with van der Waals surface area (Å²) in [5.41, 5.74) is 0. The topological polar surface area (TPSA) is 76.9 Å². The fraction of sp³-hybridized carbons (Fsp3) is 0.833. The van der Waals surface area contributed by atoms with Gasteiger partial charge in [0.1, 0.15) is 0 Å². The molecule has 2 unspecified atom stereocenters. The Morgan fingerprint density at radius 2 is 2.00 bits per heavy atom. The average molecular weight is 365 g/mol. The van der Waals surface area contributed by atoms with Gasteiger partial charge in [-0.3, -0.25) is 0 Å². The Kier molecular flexibility index (Phi) is 4.86. The summed E-state index contributed by atoms with van der Waals surface area (Å²) >= 11 is 3.15. The van der Waals surface area contributed by atoms with Crippen LogP contribution in [0.25, 0.3) is 0 Å². The van der Waals surface area contributed by atoms with Gasteiger partial charge in [-0.25, -0.2) is 17.8 Å². The normalized spacial score (nSPS) is 24.2. The van der Waals surface area contributed by atoms with E-state index < -0.39 is 10.0 Å². The van der Waals surface area contributed by atoms with E-state index in [4.69, 9.17) is 0 Å². The van der Waals surface area contributed by atoms with Gasteiger partial charge in [0.25, 0.3) is 10.0 Å². The number of aryl methyl sites for hydroxylation is 1. The molecule has 8 heteroatoms. The van der Waals surface area contributed by atoms with Gasteiger partial charge in [-0.05, 0) is 40.6 Å². The SMILES string of the molecule is CC(C)C1CCCCC1NS(=O)(=O)c1c(Br)nnn1C. The molecule has 20 heavy (non-hydrogen) atoms. The molecule has 2 atom stereocenters. The Hall–Kier alpha value is -0.470. The highest BCUT2D eigenvalue weighted by atomic mass is 79.9. The molecule has 1 fully saturated rings. The van der Waals surface area contributed by atoms with Crippen LogP contribution >= 0.6 is 15.9 Å². The molecular formula is C12H21BrN4O2S. The molecule has 1 N–H and O–H groups in total. The second-order valence-electron chi connectivity index (χ2n) is 5.73. The zero-order chi connectivity index (χ0) is 14.9. The zero-order valence-electron chi connectivity index (χ0n) is 12.0. The number of halogens is 1. The third-order valence-corrected chi connectivity index (χ3v) is 6.35. The molecule has 0 aliphatic heterocycles. The molecule has 0 spiro atoms. The maximum absolute atomic E-state index is 12.5. The van der Waals surface area contributed by atoms with Gasteiger partial charge in [-0.1, -0.05) is 31.9 Å². The summed E-state index contributed by atoms with van der Waals surface area (Å²) in [4.78, 5) is 0. The first-order chi connectivity index (χ1) is 9.33. The standard InChI is InChI=1S/C12H21BrN4O2S/c1-8(2)9-6-4-5-7-10(9)15-20(18,19)12-11(13)14-16-17(12)3/h8-10,15H,4-7H2,1-3H3. The number of hydrogen-bond donors (Lipinski definition) is 1. The number of aromatic nitrogens is 3. The highest BCUT2D eigenvalue weighted by molar-refractivity contribution is 9.10. The zero-order valence-corrected chi connectivity index (χ0v) is 14.4. The molecule has 114 valence electrons. The second-order valence-corrected chi connectivity index (χ2v) is 8.11. The molecule has 1 aromatic heterocycles. The third-order valence-electron chi connectivity index (χ3n) is 3.97. The largest absolute Gasteiger partial charge is 0.260 e. The smallest absolute Gasteiger partial charge is 0.235 e. The lowest BCUT2D eigenvalue weighted by Gasteiger charge is -2.34. The van der Waals surface area contributed by atoms with Crippen molar-refractivity contribution in [1.82, 2.24) is 19.7 Å². The molecule has 1 aliphatic carbocycles. The van der Waals surface area contributed by atoms with Crippen molar-refractivity contribution in [3.63, 3.8) is 0 Å². The third kappa shape index (κ3) is 3.23. The lowest BCUT2D eigenvalue weighted by atomic mass is 9.78. The minimum absolute atomic E-state index is 0.00412. The van der Waals surface area contributed by atoms with Crippen molar-refractivity contribution < 1.29 is 8.42 Å². The average Bonchev–Trinajstić information content (AvgIpc) is 2.69. The Balaban J connectivity index is 2.23. The summed E-state index contributed by atoms with van der Waals surface area (Å²) in [7, 11) is -2.03. The van der Waals surface area contributed by atoms with Crippen LogP contribution < -0.4 is 4.72 Å². The van der Waals surface area contributed by atoms with Crippen molar-refractivity contribution in [3.05, 3.63) is 4.60 Å². The van der Waals surface area contributed by atoms with Gasteiger partial charge in [-0.15, -0.1) is 5.10 Å². The van der Waals surface area contributed by atoms with Gasteiger partial charge in [-0.2, -0.15) is 0 Å². The first-order valence-electron chi connectivity index (χ1n) is 6.90. The predicted octanol–water partition coefficient (Wildman–Crippen LogP) is 2.07. The van der Waals surface area contributed by atoms with E-state index in [0.717, 1.165) is 19.3 Å². The maximum Gasteiger partial charge on any atom is 0.260 e. The molecule has 0 bridgehead atoms. The van der Waals surface area contributed by atoms with Gasteiger partial charge < -0.3 is 0 Å². The highest BCUT2D eigenvalue weighted by Gasteiger charge is 2.33. The van der Waals surface area contributed by atoms with Crippen LogP contribution in [0.3, 0.4) is 0 Å². The van der Waals surface area contributed by atoms with Crippen molar-refractivity contribution in [3.8, 4) is 0 Å². The quantitative estimate of drug-likeness (QED) is 0.886. The molecule has 1 aliphatic rings. The predicted molar refractivity (Wildman–Crippen MR) is 79.6 cm³/mol. The Morgan fingerprint density at radius 3 is 2.55 bits per heavy atom. The molecule has 2 rings (SSSR count). The van der Waals surface area contributed by atoms with Crippen LogP contribution in [-0.4, -0.2) is 29.5 Å². The van der Waals surface area contributed by atoms with Gasteiger partial charge >= 0.3 is 0 Å². The van der Waals surface area contributed by atoms with Crippen LogP contribution in [-0.2, 0) is 17.1 Å². The molecule has 1 saturated carbocycles. The highest BCUT2D eigenvalue weighted by Crippen LogP contribution is 2.31. The number of hydrogen-bond acceptors (Lipinski definition) is 4. The second kappa shape index (κ2) is 6.11. The van der Waals surface area contributed by atoms with Crippen molar-refractivity contribution in [2.45, 2.75) is 50.6 Å². The summed E-state index contributed by atoms with van der Waals surface area (Å²) in [6.45, 7) is 4.30. The van der Waals surface area contributed by atoms with E-state index in [-0.39, 0.29) is 15.7 Å². The van der Waals surface area contributed by atoms with Crippen LogP contribution in [0.5, 0.6) is 0 Å². The minimum Gasteiger partial charge on any atom is -0.235 e. The van der Waals surface area contributed by atoms with E-state index in [2.05, 4.69) is 44.8 Å². The summed E-state index contributed by atoms with van der Waals surface area (Å²) in [5, 5.41) is 7.56. The van der Waals surface area contributed by atoms with Crippen LogP contribution in [0.15, 0.2) is 9.63 Å². The van der Waals surface area contributed by atoms with Crippen LogP contribution in [0, 0.1) is 11.8 Å². The van der Waals surface area contributed by atoms with Crippen molar-refractivity contribution >= 4 is 26.0 Å². The Morgan fingerprint density at radius 1 is 1.35 bits per heavy atom. The van der Waals surface area contributed by atoms with Crippen molar-refractivity contribution in [2.75, 3.05) is 0 Å². The first kappa shape index (κ1) is 15.9. The fourth-order valence-electron chi connectivity index (χ4n) is 2.97. The van der Waals surface area contributed by atoms with Crippen molar-refractivity contribution in [1.29, 1.82) is 0 Å². The number of nitrogens with one attached hydrogen (secondary N) is 1. The lowest BCUT2D eigenvalue weighted by Crippen LogP contribution is -2.44. The van der Waals surface area contributed by atoms with E-state index in [1.54, 1.807) is 7.05 Å². The van der Waals surface area contributed by atoms with E-state index >= 15 is 0 Å². The monoisotopic (exact) mass is 364 g/mol. The van der Waals surface area contributed by atoms with Gasteiger partial charge in [0, 0.05) is 13.1 Å². The summed E-state index contributed by atoms with van der Waals surface area (Å²) in [6, 6.07) is -0.00412. The lowest BCUT2D eigenvalue weighted by molar-refractivity contribution is 0.226. The van der Waals surface area contributed by atoms with Crippen LogP contribution in [0.4, 0.5) is 0 Å². The fourth-order valence-corrected chi connectivity index (χ4v) is 5.38.